The second-order valence-electron chi connectivity index (χ2n) is 5.59. The number of thioether (sulfide) groups is 1. The van der Waals surface area contributed by atoms with E-state index >= 15 is 0 Å². The Hall–Kier alpha value is -1.87. The molecule has 7 nitrogen and oxygen atoms in total. The topological polar surface area (TPSA) is 99.8 Å². The number of nitrogens with zero attached hydrogens (tertiary/aromatic N) is 2. The number of H-pyrrole nitrogens is 1. The van der Waals surface area contributed by atoms with E-state index in [-0.39, 0.29) is 17.7 Å². The average Bonchev–Trinajstić information content (AvgIpc) is 3.25. The van der Waals surface area contributed by atoms with Crippen molar-refractivity contribution in [2.24, 2.45) is 0 Å². The number of carbonyl (C=O) groups excluding carboxylic acids is 2. The van der Waals surface area contributed by atoms with Crippen LogP contribution in [-0.4, -0.2) is 38.9 Å². The molecule has 0 saturated heterocycles. The minimum Gasteiger partial charge on any atom is -0.335 e. The Morgan fingerprint density at radius 3 is 2.92 bits per heavy atom. The standard InChI is InChI=1S/C15H19N5O2S2/c21-12(17-14(22)16-10-5-2-1-3-6-10)9-24-15-18-13(19-20-15)11-7-4-8-23-11/h4,7-8,10H,1-3,5-6,9H2,(H,18,19,20)(H2,16,17,21,22). The van der Waals surface area contributed by atoms with Gasteiger partial charge in [0.15, 0.2) is 5.82 Å². The molecule has 0 atom stereocenters. The number of aromatic nitrogens is 3. The number of carbonyl (C=O) groups is 2. The molecule has 9 heteroatoms. The zero-order chi connectivity index (χ0) is 16.8. The summed E-state index contributed by atoms with van der Waals surface area (Å²) in [5.74, 6) is 0.429. The lowest BCUT2D eigenvalue weighted by atomic mass is 9.96. The molecule has 1 saturated carbocycles. The van der Waals surface area contributed by atoms with Crippen molar-refractivity contribution in [2.45, 2.75) is 43.3 Å². The molecule has 1 aliphatic rings. The molecule has 1 aliphatic carbocycles. The van der Waals surface area contributed by atoms with Crippen molar-refractivity contribution >= 4 is 35.0 Å². The van der Waals surface area contributed by atoms with Crippen molar-refractivity contribution < 1.29 is 9.59 Å². The normalized spacial score (nSPS) is 15.2. The second kappa shape index (κ2) is 8.29. The molecule has 2 heterocycles. The zero-order valence-electron chi connectivity index (χ0n) is 13.1. The van der Waals surface area contributed by atoms with Crippen molar-refractivity contribution in [3.8, 4) is 10.7 Å². The van der Waals surface area contributed by atoms with E-state index in [1.54, 1.807) is 11.3 Å². The van der Waals surface area contributed by atoms with Gasteiger partial charge in [-0.3, -0.25) is 15.2 Å². The van der Waals surface area contributed by atoms with Gasteiger partial charge in [0.25, 0.3) is 0 Å². The van der Waals surface area contributed by atoms with Gasteiger partial charge < -0.3 is 5.32 Å². The Morgan fingerprint density at radius 2 is 2.17 bits per heavy atom. The first-order valence-corrected chi connectivity index (χ1v) is 9.76. The van der Waals surface area contributed by atoms with Crippen LogP contribution in [0.25, 0.3) is 10.7 Å². The zero-order valence-corrected chi connectivity index (χ0v) is 14.7. The number of imide groups is 1. The summed E-state index contributed by atoms with van der Waals surface area (Å²) in [6.07, 6.45) is 5.45. The second-order valence-corrected chi connectivity index (χ2v) is 7.48. The molecule has 3 rings (SSSR count). The number of rotatable bonds is 5. The highest BCUT2D eigenvalue weighted by Gasteiger charge is 2.17. The van der Waals surface area contributed by atoms with Crippen molar-refractivity contribution in [3.63, 3.8) is 0 Å². The van der Waals surface area contributed by atoms with Crippen LogP contribution in [0.3, 0.4) is 0 Å². The molecule has 3 amide bonds. The molecule has 3 N–H and O–H groups in total. The van der Waals surface area contributed by atoms with E-state index in [0.717, 1.165) is 30.6 Å². The fraction of sp³-hybridized carbons (Fsp3) is 0.467. The van der Waals surface area contributed by atoms with Gasteiger partial charge in [-0.1, -0.05) is 37.1 Å². The van der Waals surface area contributed by atoms with Gasteiger partial charge in [-0.2, -0.15) is 0 Å². The maximum atomic E-state index is 11.8. The predicted molar refractivity (Wildman–Crippen MR) is 94.0 cm³/mol. The Balaban J connectivity index is 1.41. The molecule has 0 spiro atoms. The molecule has 0 unspecified atom stereocenters. The quantitative estimate of drug-likeness (QED) is 0.708. The van der Waals surface area contributed by atoms with E-state index in [1.807, 2.05) is 17.5 Å². The first-order valence-electron chi connectivity index (χ1n) is 7.90. The summed E-state index contributed by atoms with van der Waals surface area (Å²) in [5, 5.41) is 14.6. The first kappa shape index (κ1) is 17.0. The number of urea groups is 1. The van der Waals surface area contributed by atoms with Gasteiger partial charge in [0.2, 0.25) is 11.1 Å². The third-order valence-electron chi connectivity index (χ3n) is 3.75. The smallest absolute Gasteiger partial charge is 0.321 e. The Kier molecular flexibility index (Phi) is 5.86. The molecule has 128 valence electrons. The summed E-state index contributed by atoms with van der Waals surface area (Å²) in [6, 6.07) is 3.65. The van der Waals surface area contributed by atoms with E-state index in [0.29, 0.717) is 11.0 Å². The van der Waals surface area contributed by atoms with Crippen molar-refractivity contribution in [1.82, 2.24) is 25.8 Å². The number of amides is 3. The van der Waals surface area contributed by atoms with E-state index in [4.69, 9.17) is 0 Å². The van der Waals surface area contributed by atoms with E-state index in [9.17, 15) is 9.59 Å². The Morgan fingerprint density at radius 1 is 1.33 bits per heavy atom. The van der Waals surface area contributed by atoms with Crippen LogP contribution in [0, 0.1) is 0 Å². The van der Waals surface area contributed by atoms with Crippen LogP contribution in [0.1, 0.15) is 32.1 Å². The fourth-order valence-corrected chi connectivity index (χ4v) is 3.86. The molecule has 0 aliphatic heterocycles. The lowest BCUT2D eigenvalue weighted by Gasteiger charge is -2.22. The highest BCUT2D eigenvalue weighted by atomic mass is 32.2. The molecular formula is C15H19N5O2S2. The van der Waals surface area contributed by atoms with Gasteiger partial charge in [0.1, 0.15) is 0 Å². The largest absolute Gasteiger partial charge is 0.335 e. The van der Waals surface area contributed by atoms with Gasteiger partial charge in [-0.05, 0) is 24.3 Å². The van der Waals surface area contributed by atoms with Crippen molar-refractivity contribution in [2.75, 3.05) is 5.75 Å². The summed E-state index contributed by atoms with van der Waals surface area (Å²) in [6.45, 7) is 0. The monoisotopic (exact) mass is 365 g/mol. The number of hydrogen-bond donors (Lipinski definition) is 3. The minimum atomic E-state index is -0.415. The molecule has 24 heavy (non-hydrogen) atoms. The fourth-order valence-electron chi connectivity index (χ4n) is 2.60. The molecule has 0 aromatic carbocycles. The molecule has 0 radical (unpaired) electrons. The SMILES string of the molecule is O=C(CSc1n[nH]c(-c2cccs2)n1)NC(=O)NC1CCCCC1. The maximum absolute atomic E-state index is 11.8. The van der Waals surface area contributed by atoms with Crippen molar-refractivity contribution in [3.05, 3.63) is 17.5 Å². The van der Waals surface area contributed by atoms with Gasteiger partial charge in [-0.15, -0.1) is 16.4 Å². The number of thiophene rings is 1. The third-order valence-corrected chi connectivity index (χ3v) is 5.47. The number of aromatic amines is 1. The minimum absolute atomic E-state index is 0.0970. The highest BCUT2D eigenvalue weighted by molar-refractivity contribution is 7.99. The summed E-state index contributed by atoms with van der Waals surface area (Å²) in [5.41, 5.74) is 0. The number of hydrogen-bond acceptors (Lipinski definition) is 6. The van der Waals surface area contributed by atoms with Crippen LogP contribution in [0.15, 0.2) is 22.7 Å². The van der Waals surface area contributed by atoms with Gasteiger partial charge >= 0.3 is 6.03 Å². The molecule has 1 fully saturated rings. The molecule has 2 aromatic rings. The van der Waals surface area contributed by atoms with E-state index in [1.165, 1.54) is 18.2 Å². The molecule has 2 aromatic heterocycles. The summed E-state index contributed by atoms with van der Waals surface area (Å²) in [4.78, 5) is 29.0. The first-order chi connectivity index (χ1) is 11.7. The van der Waals surface area contributed by atoms with Crippen LogP contribution in [0.2, 0.25) is 0 Å². The van der Waals surface area contributed by atoms with Crippen LogP contribution >= 0.6 is 23.1 Å². The van der Waals surface area contributed by atoms with Crippen molar-refractivity contribution in [1.29, 1.82) is 0 Å². The van der Waals surface area contributed by atoms with Crippen LogP contribution < -0.4 is 10.6 Å². The summed E-state index contributed by atoms with van der Waals surface area (Å²) < 4.78 is 0. The summed E-state index contributed by atoms with van der Waals surface area (Å²) >= 11 is 2.76. The van der Waals surface area contributed by atoms with Gasteiger partial charge in [0, 0.05) is 6.04 Å². The third kappa shape index (κ3) is 4.81. The molecule has 0 bridgehead atoms. The lowest BCUT2D eigenvalue weighted by Crippen LogP contribution is -2.45. The Labute approximate surface area is 148 Å². The summed E-state index contributed by atoms with van der Waals surface area (Å²) in [7, 11) is 0. The Bertz CT molecular complexity index is 680. The molecular weight excluding hydrogens is 346 g/mol. The average molecular weight is 365 g/mol. The lowest BCUT2D eigenvalue weighted by molar-refractivity contribution is -0.117. The highest BCUT2D eigenvalue weighted by Crippen LogP contribution is 2.23. The van der Waals surface area contributed by atoms with Crippen LogP contribution in [-0.2, 0) is 4.79 Å². The van der Waals surface area contributed by atoms with Crippen LogP contribution in [0.5, 0.6) is 0 Å². The van der Waals surface area contributed by atoms with Gasteiger partial charge in [-0.25, -0.2) is 9.78 Å². The predicted octanol–water partition coefficient (Wildman–Crippen LogP) is 2.78. The van der Waals surface area contributed by atoms with E-state index < -0.39 is 6.03 Å². The maximum Gasteiger partial charge on any atom is 0.321 e. The number of nitrogens with one attached hydrogen (secondary N) is 3. The van der Waals surface area contributed by atoms with Crippen LogP contribution in [0.4, 0.5) is 4.79 Å². The van der Waals surface area contributed by atoms with E-state index in [2.05, 4.69) is 25.8 Å². The van der Waals surface area contributed by atoms with Gasteiger partial charge in [0.05, 0.1) is 10.6 Å².